The standard InChI is InChI=1S/C20H22O/c21-18-10-9-17(13-18)20-16-8-7-15(12-16)19(20)11-6-14-4-2-1-3-5-14/h1-5,15-17,19-20H,7-10,12-13H2/t15-,16+,17+,19+,20+/m0/s1. The SMILES string of the molecule is O=C1CC[C@@H]([C@H]2[C@@H]3CC[C@@H](C3)[C@H]2C#Cc2ccccc2)C1. The van der Waals surface area contributed by atoms with Crippen molar-refractivity contribution in [3.05, 3.63) is 35.9 Å². The molecule has 0 N–H and O–H groups in total. The van der Waals surface area contributed by atoms with E-state index in [0.717, 1.165) is 36.7 Å². The van der Waals surface area contributed by atoms with E-state index in [9.17, 15) is 4.79 Å². The molecule has 0 amide bonds. The molecule has 1 aromatic rings. The van der Waals surface area contributed by atoms with Gasteiger partial charge in [0.1, 0.15) is 5.78 Å². The average molecular weight is 278 g/mol. The molecule has 0 saturated heterocycles. The Labute approximate surface area is 127 Å². The van der Waals surface area contributed by atoms with E-state index in [0.29, 0.717) is 23.5 Å². The third kappa shape index (κ3) is 2.42. The van der Waals surface area contributed by atoms with Crippen molar-refractivity contribution >= 4 is 5.78 Å². The molecule has 3 aliphatic carbocycles. The van der Waals surface area contributed by atoms with Crippen LogP contribution in [-0.4, -0.2) is 5.78 Å². The van der Waals surface area contributed by atoms with E-state index >= 15 is 0 Å². The van der Waals surface area contributed by atoms with E-state index in [4.69, 9.17) is 0 Å². The third-order valence-corrected chi connectivity index (χ3v) is 5.97. The molecule has 108 valence electrons. The van der Waals surface area contributed by atoms with E-state index in [1.165, 1.54) is 19.3 Å². The molecule has 0 aliphatic heterocycles. The van der Waals surface area contributed by atoms with Crippen LogP contribution in [0, 0.1) is 41.4 Å². The second kappa shape index (κ2) is 5.34. The number of benzene rings is 1. The van der Waals surface area contributed by atoms with Crippen molar-refractivity contribution in [2.24, 2.45) is 29.6 Å². The Morgan fingerprint density at radius 1 is 0.952 bits per heavy atom. The van der Waals surface area contributed by atoms with E-state index in [1.54, 1.807) is 0 Å². The molecule has 0 unspecified atom stereocenters. The van der Waals surface area contributed by atoms with Gasteiger partial charge in [-0.25, -0.2) is 0 Å². The summed E-state index contributed by atoms with van der Waals surface area (Å²) in [6.45, 7) is 0. The number of hydrogen-bond acceptors (Lipinski definition) is 1. The highest BCUT2D eigenvalue weighted by Gasteiger charge is 2.50. The van der Waals surface area contributed by atoms with Gasteiger partial charge in [-0.2, -0.15) is 0 Å². The summed E-state index contributed by atoms with van der Waals surface area (Å²) in [7, 11) is 0. The van der Waals surface area contributed by atoms with Gasteiger partial charge in [0.2, 0.25) is 0 Å². The van der Waals surface area contributed by atoms with Gasteiger partial charge in [0, 0.05) is 24.3 Å². The maximum Gasteiger partial charge on any atom is 0.133 e. The highest BCUT2D eigenvalue weighted by Crippen LogP contribution is 2.56. The van der Waals surface area contributed by atoms with Crippen molar-refractivity contribution < 1.29 is 4.79 Å². The molecule has 0 spiro atoms. The van der Waals surface area contributed by atoms with Gasteiger partial charge in [-0.1, -0.05) is 30.0 Å². The van der Waals surface area contributed by atoms with Crippen LogP contribution in [0.2, 0.25) is 0 Å². The van der Waals surface area contributed by atoms with Crippen molar-refractivity contribution in [3.8, 4) is 11.8 Å². The first-order chi connectivity index (χ1) is 10.3. The number of Topliss-reactive ketones (excluding diaryl/α,β-unsaturated/α-hetero) is 1. The fourth-order valence-electron chi connectivity index (χ4n) is 5.09. The number of rotatable bonds is 1. The van der Waals surface area contributed by atoms with Gasteiger partial charge in [0.15, 0.2) is 0 Å². The lowest BCUT2D eigenvalue weighted by atomic mass is 9.72. The summed E-state index contributed by atoms with van der Waals surface area (Å²) in [6.07, 6.45) is 6.87. The van der Waals surface area contributed by atoms with Crippen LogP contribution in [0.15, 0.2) is 30.3 Å². The Balaban J connectivity index is 1.58. The second-order valence-electron chi connectivity index (χ2n) is 7.11. The molecule has 5 atom stereocenters. The molecular formula is C20H22O. The van der Waals surface area contributed by atoms with Crippen LogP contribution in [-0.2, 0) is 4.79 Å². The molecule has 21 heavy (non-hydrogen) atoms. The summed E-state index contributed by atoms with van der Waals surface area (Å²) in [5.74, 6) is 11.0. The minimum Gasteiger partial charge on any atom is -0.300 e. The summed E-state index contributed by atoms with van der Waals surface area (Å²) in [6, 6.07) is 10.3. The number of carbonyl (C=O) groups is 1. The molecule has 0 aromatic heterocycles. The van der Waals surface area contributed by atoms with Gasteiger partial charge in [0.25, 0.3) is 0 Å². The Hall–Kier alpha value is -1.55. The molecule has 2 bridgehead atoms. The molecular weight excluding hydrogens is 256 g/mol. The lowest BCUT2D eigenvalue weighted by Gasteiger charge is -2.32. The first-order valence-corrected chi connectivity index (χ1v) is 8.39. The molecule has 4 rings (SSSR count). The lowest BCUT2D eigenvalue weighted by molar-refractivity contribution is -0.117. The van der Waals surface area contributed by atoms with Crippen LogP contribution in [0.3, 0.4) is 0 Å². The van der Waals surface area contributed by atoms with Crippen LogP contribution in [0.1, 0.15) is 44.1 Å². The minimum atomic E-state index is 0.484. The van der Waals surface area contributed by atoms with Crippen molar-refractivity contribution in [2.45, 2.75) is 38.5 Å². The zero-order valence-corrected chi connectivity index (χ0v) is 12.4. The Kier molecular flexibility index (Phi) is 3.34. The fourth-order valence-corrected chi connectivity index (χ4v) is 5.09. The summed E-state index contributed by atoms with van der Waals surface area (Å²) >= 11 is 0. The van der Waals surface area contributed by atoms with Crippen LogP contribution in [0.25, 0.3) is 0 Å². The molecule has 1 nitrogen and oxygen atoms in total. The van der Waals surface area contributed by atoms with Gasteiger partial charge in [-0.15, -0.1) is 0 Å². The first-order valence-electron chi connectivity index (χ1n) is 8.39. The van der Waals surface area contributed by atoms with E-state index in [1.807, 2.05) is 6.07 Å². The highest BCUT2D eigenvalue weighted by atomic mass is 16.1. The Bertz CT molecular complexity index is 591. The number of carbonyl (C=O) groups excluding carboxylic acids is 1. The molecule has 0 radical (unpaired) electrons. The summed E-state index contributed by atoms with van der Waals surface area (Å²) < 4.78 is 0. The van der Waals surface area contributed by atoms with Crippen molar-refractivity contribution in [1.82, 2.24) is 0 Å². The average Bonchev–Trinajstić information content (AvgIpc) is 3.21. The highest BCUT2D eigenvalue weighted by molar-refractivity contribution is 5.80. The quantitative estimate of drug-likeness (QED) is 0.708. The molecule has 1 heteroatoms. The molecule has 1 aromatic carbocycles. The predicted molar refractivity (Wildman–Crippen MR) is 83.5 cm³/mol. The second-order valence-corrected chi connectivity index (χ2v) is 7.11. The number of hydrogen-bond donors (Lipinski definition) is 0. The van der Waals surface area contributed by atoms with Crippen LogP contribution < -0.4 is 0 Å². The minimum absolute atomic E-state index is 0.484. The van der Waals surface area contributed by atoms with Crippen molar-refractivity contribution in [3.63, 3.8) is 0 Å². The topological polar surface area (TPSA) is 17.1 Å². The normalized spacial score (nSPS) is 37.5. The lowest BCUT2D eigenvalue weighted by Crippen LogP contribution is -2.27. The molecule has 3 saturated carbocycles. The monoisotopic (exact) mass is 278 g/mol. The number of ketones is 1. The van der Waals surface area contributed by atoms with Gasteiger partial charge in [0.05, 0.1) is 0 Å². The fraction of sp³-hybridized carbons (Fsp3) is 0.550. The van der Waals surface area contributed by atoms with Gasteiger partial charge < -0.3 is 0 Å². The van der Waals surface area contributed by atoms with E-state index < -0.39 is 0 Å². The van der Waals surface area contributed by atoms with E-state index in [-0.39, 0.29) is 0 Å². The zero-order valence-electron chi connectivity index (χ0n) is 12.4. The van der Waals surface area contributed by atoms with Crippen LogP contribution >= 0.6 is 0 Å². The zero-order chi connectivity index (χ0) is 14.2. The maximum absolute atomic E-state index is 11.7. The Morgan fingerprint density at radius 3 is 2.52 bits per heavy atom. The van der Waals surface area contributed by atoms with Crippen LogP contribution in [0.5, 0.6) is 0 Å². The van der Waals surface area contributed by atoms with Gasteiger partial charge in [-0.05, 0) is 61.5 Å². The largest absolute Gasteiger partial charge is 0.300 e. The van der Waals surface area contributed by atoms with Crippen LogP contribution in [0.4, 0.5) is 0 Å². The third-order valence-electron chi connectivity index (χ3n) is 5.97. The summed E-state index contributed by atoms with van der Waals surface area (Å²) in [4.78, 5) is 11.7. The number of fused-ring (bicyclic) bond motifs is 2. The van der Waals surface area contributed by atoms with Crippen molar-refractivity contribution in [2.75, 3.05) is 0 Å². The first kappa shape index (κ1) is 13.1. The van der Waals surface area contributed by atoms with Gasteiger partial charge >= 0.3 is 0 Å². The predicted octanol–water partition coefficient (Wildman–Crippen LogP) is 4.07. The van der Waals surface area contributed by atoms with Gasteiger partial charge in [-0.3, -0.25) is 4.79 Å². The van der Waals surface area contributed by atoms with Crippen molar-refractivity contribution in [1.29, 1.82) is 0 Å². The molecule has 3 aliphatic rings. The smallest absolute Gasteiger partial charge is 0.133 e. The molecule has 0 heterocycles. The summed E-state index contributed by atoms with van der Waals surface area (Å²) in [5.41, 5.74) is 1.13. The Morgan fingerprint density at radius 2 is 1.76 bits per heavy atom. The summed E-state index contributed by atoms with van der Waals surface area (Å²) in [5, 5.41) is 0. The molecule has 3 fully saturated rings. The maximum atomic E-state index is 11.7. The van der Waals surface area contributed by atoms with E-state index in [2.05, 4.69) is 36.1 Å².